The number of aliphatic hydroxyl groups is 5. The van der Waals surface area contributed by atoms with E-state index < -0.39 is 83.1 Å². The number of hydrogen-bond donors (Lipinski definition) is 7. The highest BCUT2D eigenvalue weighted by atomic mass is 31.3. The van der Waals surface area contributed by atoms with Crippen molar-refractivity contribution in [1.29, 1.82) is 0 Å². The second-order valence-corrected chi connectivity index (χ2v) is 11.3. The van der Waals surface area contributed by atoms with E-state index in [9.17, 15) is 49.2 Å². The number of fused-ring (bicyclic) bond motifs is 1. The van der Waals surface area contributed by atoms with Gasteiger partial charge in [-0.1, -0.05) is 6.08 Å². The van der Waals surface area contributed by atoms with E-state index in [1.165, 1.54) is 0 Å². The fourth-order valence-corrected chi connectivity index (χ4v) is 5.92. The first-order chi connectivity index (χ1) is 18.1. The van der Waals surface area contributed by atoms with Crippen LogP contribution in [0.1, 0.15) is 6.23 Å². The molecule has 11 atom stereocenters. The summed E-state index contributed by atoms with van der Waals surface area (Å²) in [5.41, 5.74) is 4.51. The average Bonchev–Trinajstić information content (AvgIpc) is 3.38. The lowest BCUT2D eigenvalue weighted by molar-refractivity contribution is -0.295. The van der Waals surface area contributed by atoms with Crippen LogP contribution in [-0.4, -0.2) is 101 Å². The van der Waals surface area contributed by atoms with Gasteiger partial charge in [0.1, 0.15) is 42.7 Å². The highest BCUT2D eigenvalue weighted by Gasteiger charge is 2.46. The molecule has 218 valence electrons. The van der Waals surface area contributed by atoms with E-state index in [0.29, 0.717) is 0 Å². The summed E-state index contributed by atoms with van der Waals surface area (Å²) in [5.74, 6) is -0.285. The van der Waals surface area contributed by atoms with Crippen molar-refractivity contribution in [1.82, 2.24) is 19.5 Å². The van der Waals surface area contributed by atoms with Gasteiger partial charge in [0.2, 0.25) is 5.95 Å². The summed E-state index contributed by atoms with van der Waals surface area (Å²) in [4.78, 5) is 46.2. The number of hydrogen-bond acceptors (Lipinski definition) is 18. The molecule has 0 aromatic carbocycles. The number of phosphoric acid groups is 2. The van der Waals surface area contributed by atoms with Gasteiger partial charge in [-0.3, -0.25) is 28.0 Å². The summed E-state index contributed by atoms with van der Waals surface area (Å²) in [6.07, 6.45) is -13.8. The molecule has 2 aliphatic rings. The number of nitrogens with zero attached hydrogens (tertiary/aromatic N) is 3. The van der Waals surface area contributed by atoms with Crippen molar-refractivity contribution in [3.63, 3.8) is 0 Å². The Balaban J connectivity index is 1.40. The van der Waals surface area contributed by atoms with Gasteiger partial charge in [0.15, 0.2) is 23.7 Å². The topological polar surface area (TPSA) is 317 Å². The Kier molecular flexibility index (Phi) is 8.44. The van der Waals surface area contributed by atoms with Crippen molar-refractivity contribution in [2.75, 3.05) is 12.3 Å². The summed E-state index contributed by atoms with van der Waals surface area (Å²) in [7, 11) is -11.6. The number of nitrogen functional groups attached to an aromatic ring is 1. The third kappa shape index (κ3) is 6.14. The molecule has 2 aromatic heterocycles. The molecule has 39 heavy (non-hydrogen) atoms. The van der Waals surface area contributed by atoms with Crippen LogP contribution >= 0.6 is 15.6 Å². The van der Waals surface area contributed by atoms with Crippen LogP contribution in [0.15, 0.2) is 23.8 Å². The first-order valence-electron chi connectivity index (χ1n) is 10.9. The standard InChI is InChI=1S/C17H25N5O15P2/c1-2-5-8(23)10(25)12(27)16(35-5)36-39(31,32)37-38(29,30)33-3-6-9(24)11(26)15(34-6)22-4-19-7-13(22)20-17(18)21-14(7)28/h2,4-6,8-12,15-16,23-27H,1,3H2,(H,29,30)(H,31,32)(H3,18,20,21,28)/p-2/t5-,6+,8+,9+,10+,11+,12-,15+,16+/m0/s1. The lowest BCUT2D eigenvalue weighted by Crippen LogP contribution is -2.57. The lowest BCUT2D eigenvalue weighted by Gasteiger charge is -2.41. The fraction of sp³-hybridized carbons (Fsp3) is 0.588. The van der Waals surface area contributed by atoms with Gasteiger partial charge >= 0.3 is 0 Å². The highest BCUT2D eigenvalue weighted by molar-refractivity contribution is 7.59. The molecular weight excluding hydrogens is 576 g/mol. The van der Waals surface area contributed by atoms with Crippen LogP contribution in [0.4, 0.5) is 5.95 Å². The van der Waals surface area contributed by atoms with Crippen molar-refractivity contribution in [2.24, 2.45) is 0 Å². The van der Waals surface area contributed by atoms with E-state index in [1.54, 1.807) is 0 Å². The Morgan fingerprint density at radius 1 is 1.10 bits per heavy atom. The van der Waals surface area contributed by atoms with E-state index in [1.807, 2.05) is 0 Å². The predicted octanol–water partition coefficient (Wildman–Crippen LogP) is -4.70. The van der Waals surface area contributed by atoms with Gasteiger partial charge in [-0.05, 0) is 0 Å². The summed E-state index contributed by atoms with van der Waals surface area (Å²) in [5, 5.41) is 50.1. The first-order valence-corrected chi connectivity index (χ1v) is 13.8. The number of ether oxygens (including phenoxy) is 2. The molecule has 2 fully saturated rings. The van der Waals surface area contributed by atoms with Crippen LogP contribution in [0.2, 0.25) is 0 Å². The first kappa shape index (κ1) is 29.8. The molecule has 0 spiro atoms. The third-order valence-electron chi connectivity index (χ3n) is 5.73. The minimum atomic E-state index is -5.86. The molecule has 20 nitrogen and oxygen atoms in total. The Labute approximate surface area is 217 Å². The molecule has 2 aliphatic heterocycles. The second-order valence-electron chi connectivity index (χ2n) is 8.38. The number of H-pyrrole nitrogens is 1. The zero-order chi connectivity index (χ0) is 28.9. The number of aromatic amines is 1. The maximum atomic E-state index is 12.2. The molecule has 2 aromatic rings. The Morgan fingerprint density at radius 2 is 1.79 bits per heavy atom. The van der Waals surface area contributed by atoms with Crippen molar-refractivity contribution < 1.29 is 67.3 Å². The number of aromatic nitrogens is 4. The van der Waals surface area contributed by atoms with Crippen LogP contribution < -0.4 is 21.1 Å². The smallest absolute Gasteiger partial charge is 0.280 e. The quantitative estimate of drug-likeness (QED) is 0.105. The average molecular weight is 599 g/mol. The van der Waals surface area contributed by atoms with Gasteiger partial charge < -0.3 is 55.1 Å². The van der Waals surface area contributed by atoms with Crippen LogP contribution in [0, 0.1) is 0 Å². The number of nitrogens with two attached hydrogens (primary N) is 1. The van der Waals surface area contributed by atoms with Crippen molar-refractivity contribution >= 4 is 32.8 Å². The Hall–Kier alpha value is -2.13. The van der Waals surface area contributed by atoms with E-state index in [0.717, 1.165) is 17.0 Å². The van der Waals surface area contributed by atoms with Gasteiger partial charge in [-0.2, -0.15) is 4.98 Å². The third-order valence-corrected chi connectivity index (χ3v) is 8.26. The SMILES string of the molecule is C=C[C@@H]1O[C@H](OP(=O)([O-])OP(=O)([O-])OC[C@H]2O[C@@H](n3cnc4c(=O)[nH]c(N)nc43)[C@H](O)[C@@H]2O)[C@@H](O)[C@H](O)[C@@H]1O. The molecular formula is C17H23N5O15P2-2. The number of aliphatic hydroxyl groups excluding tert-OH is 5. The van der Waals surface area contributed by atoms with E-state index in [-0.39, 0.29) is 17.1 Å². The van der Waals surface area contributed by atoms with Gasteiger partial charge in [0, 0.05) is 0 Å². The maximum absolute atomic E-state index is 12.2. The van der Waals surface area contributed by atoms with Gasteiger partial charge in [0.25, 0.3) is 21.2 Å². The number of nitrogens with one attached hydrogen (secondary N) is 1. The van der Waals surface area contributed by atoms with Crippen LogP contribution in [-0.2, 0) is 32.0 Å². The van der Waals surface area contributed by atoms with Crippen LogP contribution in [0.3, 0.4) is 0 Å². The zero-order valence-electron chi connectivity index (χ0n) is 19.4. The normalized spacial score (nSPS) is 36.4. The number of imidazole rings is 1. The van der Waals surface area contributed by atoms with Crippen LogP contribution in [0.5, 0.6) is 0 Å². The number of anilines is 1. The van der Waals surface area contributed by atoms with Gasteiger partial charge in [-0.25, -0.2) is 9.29 Å². The molecule has 0 aliphatic carbocycles. The molecule has 4 rings (SSSR count). The Morgan fingerprint density at radius 3 is 2.46 bits per heavy atom. The fourth-order valence-electron chi connectivity index (χ4n) is 3.84. The largest absolute Gasteiger partial charge is 0.756 e. The molecule has 4 heterocycles. The summed E-state index contributed by atoms with van der Waals surface area (Å²) < 4.78 is 48.5. The maximum Gasteiger partial charge on any atom is 0.280 e. The molecule has 2 saturated heterocycles. The van der Waals surface area contributed by atoms with Gasteiger partial charge in [-0.15, -0.1) is 6.58 Å². The van der Waals surface area contributed by atoms with Crippen molar-refractivity contribution in [3.05, 3.63) is 29.3 Å². The molecule has 0 saturated carbocycles. The van der Waals surface area contributed by atoms with Crippen LogP contribution in [0.25, 0.3) is 11.2 Å². The molecule has 0 radical (unpaired) electrons. The van der Waals surface area contributed by atoms with Gasteiger partial charge in [0.05, 0.1) is 12.9 Å². The lowest BCUT2D eigenvalue weighted by atomic mass is 9.99. The molecule has 2 unspecified atom stereocenters. The minimum absolute atomic E-state index is 0.125. The molecule has 8 N–H and O–H groups in total. The number of rotatable bonds is 9. The minimum Gasteiger partial charge on any atom is -0.756 e. The summed E-state index contributed by atoms with van der Waals surface area (Å²) in [6, 6.07) is 0. The molecule has 0 amide bonds. The molecule has 22 heteroatoms. The highest BCUT2D eigenvalue weighted by Crippen LogP contribution is 2.57. The van der Waals surface area contributed by atoms with E-state index in [4.69, 9.17) is 15.2 Å². The number of phosphoric ester groups is 2. The zero-order valence-corrected chi connectivity index (χ0v) is 21.2. The molecule has 0 bridgehead atoms. The summed E-state index contributed by atoms with van der Waals surface area (Å²) >= 11 is 0. The van der Waals surface area contributed by atoms with E-state index in [2.05, 4.69) is 34.9 Å². The predicted molar refractivity (Wildman–Crippen MR) is 119 cm³/mol. The Bertz CT molecular complexity index is 1370. The van der Waals surface area contributed by atoms with E-state index >= 15 is 0 Å². The second kappa shape index (κ2) is 11.0. The monoisotopic (exact) mass is 599 g/mol. The van der Waals surface area contributed by atoms with Crippen molar-refractivity contribution in [2.45, 2.75) is 55.2 Å². The summed E-state index contributed by atoms with van der Waals surface area (Å²) in [6.45, 7) is 2.23. The van der Waals surface area contributed by atoms with Crippen molar-refractivity contribution in [3.8, 4) is 0 Å².